The number of hydrogen-bond acceptors (Lipinski definition) is 4. The van der Waals surface area contributed by atoms with E-state index < -0.39 is 0 Å². The maximum atomic E-state index is 3.74. The first-order chi connectivity index (χ1) is 5.00. The second-order valence-electron chi connectivity index (χ2n) is 1.64. The Morgan fingerprint density at radius 2 is 2.20 bits per heavy atom. The Hall–Kier alpha value is -1.32. The van der Waals surface area contributed by atoms with Gasteiger partial charge in [-0.25, -0.2) is 4.99 Å². The number of azo groups is 1. The summed E-state index contributed by atoms with van der Waals surface area (Å²) in [5.41, 5.74) is 0. The van der Waals surface area contributed by atoms with Gasteiger partial charge in [0, 0.05) is 12.4 Å². The van der Waals surface area contributed by atoms with Gasteiger partial charge < -0.3 is 0 Å². The molecule has 52 valence electrons. The lowest BCUT2D eigenvalue weighted by Gasteiger charge is -1.56. The highest BCUT2D eigenvalue weighted by Crippen LogP contribution is 1.86. The quantitative estimate of drug-likeness (QED) is 0.478. The number of nitrogens with zero attached hydrogens (tertiary/aromatic N) is 4. The molecule has 2 rings (SSSR count). The first kappa shape index (κ1) is 6.80. The summed E-state index contributed by atoms with van der Waals surface area (Å²) in [6, 6.07) is 0. The molecule has 0 aromatic rings. The van der Waals surface area contributed by atoms with Gasteiger partial charge in [0.15, 0.2) is 0 Å². The maximum Gasteiger partial charge on any atom is 0.109 e. The van der Waals surface area contributed by atoms with Gasteiger partial charge >= 0.3 is 0 Å². The first-order valence-electron chi connectivity index (χ1n) is 3.02. The fourth-order valence-electron chi connectivity index (χ4n) is 0.471. The SMILES string of the molecule is C1=CN=NC1.C1=NC=NC1. The lowest BCUT2D eigenvalue weighted by atomic mass is 10.7. The normalized spacial score (nSPS) is 17.6. The van der Waals surface area contributed by atoms with Crippen LogP contribution in [0.2, 0.25) is 0 Å². The van der Waals surface area contributed by atoms with Gasteiger partial charge in [0.1, 0.15) is 6.34 Å². The molecule has 0 unspecified atom stereocenters. The Balaban J connectivity index is 0.0000001000. The summed E-state index contributed by atoms with van der Waals surface area (Å²) < 4.78 is 0. The van der Waals surface area contributed by atoms with Crippen LogP contribution in [-0.4, -0.2) is 25.6 Å². The first-order valence-corrected chi connectivity index (χ1v) is 3.02. The third-order valence-electron chi connectivity index (χ3n) is 0.882. The maximum absolute atomic E-state index is 3.74. The van der Waals surface area contributed by atoms with Crippen LogP contribution in [-0.2, 0) is 0 Å². The van der Waals surface area contributed by atoms with Crippen molar-refractivity contribution in [3.63, 3.8) is 0 Å². The van der Waals surface area contributed by atoms with Gasteiger partial charge in [0.05, 0.1) is 13.1 Å². The molecule has 2 heterocycles. The van der Waals surface area contributed by atoms with E-state index in [4.69, 9.17) is 0 Å². The highest BCUT2D eigenvalue weighted by molar-refractivity contribution is 5.79. The molecule has 0 aliphatic carbocycles. The summed E-state index contributed by atoms with van der Waals surface area (Å²) >= 11 is 0. The zero-order chi connectivity index (χ0) is 7.07. The van der Waals surface area contributed by atoms with Crippen LogP contribution in [0.4, 0.5) is 0 Å². The van der Waals surface area contributed by atoms with Crippen LogP contribution in [0, 0.1) is 0 Å². The summed E-state index contributed by atoms with van der Waals surface area (Å²) in [5.74, 6) is 0. The Labute approximate surface area is 59.1 Å². The molecule has 0 aromatic carbocycles. The molecule has 0 amide bonds. The minimum Gasteiger partial charge on any atom is -0.268 e. The third kappa shape index (κ3) is 2.86. The largest absolute Gasteiger partial charge is 0.268 e. The summed E-state index contributed by atoms with van der Waals surface area (Å²) in [5, 5.41) is 7.12. The molecular formula is C6H8N4. The molecule has 2 aliphatic rings. The third-order valence-corrected chi connectivity index (χ3v) is 0.882. The van der Waals surface area contributed by atoms with E-state index in [0.29, 0.717) is 0 Å². The molecule has 2 aliphatic heterocycles. The molecule has 0 saturated carbocycles. The molecule has 10 heavy (non-hydrogen) atoms. The molecule has 0 aromatic heterocycles. The van der Waals surface area contributed by atoms with E-state index in [9.17, 15) is 0 Å². The summed E-state index contributed by atoms with van der Waals surface area (Å²) in [4.78, 5) is 7.40. The predicted octanol–water partition coefficient (Wildman–Crippen LogP) is 1.06. The van der Waals surface area contributed by atoms with Crippen molar-refractivity contribution in [1.82, 2.24) is 0 Å². The van der Waals surface area contributed by atoms with Crippen molar-refractivity contribution in [3.05, 3.63) is 12.3 Å². The van der Waals surface area contributed by atoms with Crippen molar-refractivity contribution >= 4 is 12.6 Å². The Morgan fingerprint density at radius 3 is 2.40 bits per heavy atom. The van der Waals surface area contributed by atoms with Gasteiger partial charge in [-0.1, -0.05) is 0 Å². The van der Waals surface area contributed by atoms with Crippen molar-refractivity contribution in [1.29, 1.82) is 0 Å². The molecule has 0 N–H and O–H groups in total. The zero-order valence-electron chi connectivity index (χ0n) is 5.51. The molecule has 0 fully saturated rings. The standard InChI is InChI=1S/2C3H4N2/c1-2-5-3-4-1;1-2-4-5-3-1/h1,3H,2H2;1-2H,3H2. The van der Waals surface area contributed by atoms with Crippen LogP contribution in [0.1, 0.15) is 0 Å². The van der Waals surface area contributed by atoms with E-state index in [1.807, 2.05) is 6.08 Å². The van der Waals surface area contributed by atoms with Gasteiger partial charge in [-0.15, -0.1) is 0 Å². The lowest BCUT2D eigenvalue weighted by Crippen LogP contribution is -1.65. The van der Waals surface area contributed by atoms with E-state index in [0.717, 1.165) is 13.1 Å². The second kappa shape index (κ2) is 4.55. The highest BCUT2D eigenvalue weighted by atomic mass is 15.1. The molecule has 0 radical (unpaired) electrons. The van der Waals surface area contributed by atoms with Crippen molar-refractivity contribution in [3.8, 4) is 0 Å². The molecule has 0 atom stereocenters. The fraction of sp³-hybridized carbons (Fsp3) is 0.333. The van der Waals surface area contributed by atoms with Gasteiger partial charge in [0.2, 0.25) is 0 Å². The van der Waals surface area contributed by atoms with E-state index in [1.165, 1.54) is 0 Å². The average Bonchev–Trinajstić information content (AvgIpc) is 2.67. The molecule has 4 nitrogen and oxygen atoms in total. The molecule has 0 saturated heterocycles. The van der Waals surface area contributed by atoms with Gasteiger partial charge in [0.25, 0.3) is 0 Å². The topological polar surface area (TPSA) is 49.4 Å². The zero-order valence-corrected chi connectivity index (χ0v) is 5.51. The molecule has 0 spiro atoms. The van der Waals surface area contributed by atoms with E-state index in [2.05, 4.69) is 20.2 Å². The number of aliphatic imine (C=N–C) groups is 2. The van der Waals surface area contributed by atoms with Crippen molar-refractivity contribution in [2.24, 2.45) is 20.2 Å². The van der Waals surface area contributed by atoms with Crippen molar-refractivity contribution < 1.29 is 0 Å². The van der Waals surface area contributed by atoms with E-state index in [-0.39, 0.29) is 0 Å². The van der Waals surface area contributed by atoms with E-state index >= 15 is 0 Å². The number of hydrogen-bond donors (Lipinski definition) is 0. The average molecular weight is 136 g/mol. The van der Waals surface area contributed by atoms with Crippen molar-refractivity contribution in [2.75, 3.05) is 13.1 Å². The van der Waals surface area contributed by atoms with Gasteiger partial charge in [-0.3, -0.25) is 4.99 Å². The van der Waals surface area contributed by atoms with Gasteiger partial charge in [-0.05, 0) is 6.08 Å². The molecule has 0 bridgehead atoms. The number of rotatable bonds is 0. The lowest BCUT2D eigenvalue weighted by molar-refractivity contribution is 1.14. The Bertz CT molecular complexity index is 148. The van der Waals surface area contributed by atoms with Gasteiger partial charge in [-0.2, -0.15) is 10.2 Å². The predicted molar refractivity (Wildman–Crippen MR) is 40.7 cm³/mol. The smallest absolute Gasteiger partial charge is 0.109 e. The second-order valence-corrected chi connectivity index (χ2v) is 1.64. The van der Waals surface area contributed by atoms with Crippen LogP contribution in [0.3, 0.4) is 0 Å². The Kier molecular flexibility index (Phi) is 3.09. The summed E-state index contributed by atoms with van der Waals surface area (Å²) in [7, 11) is 0. The highest BCUT2D eigenvalue weighted by Gasteiger charge is 1.74. The fourth-order valence-corrected chi connectivity index (χ4v) is 0.471. The van der Waals surface area contributed by atoms with Crippen LogP contribution in [0.15, 0.2) is 32.5 Å². The van der Waals surface area contributed by atoms with Crippen LogP contribution in [0.25, 0.3) is 0 Å². The minimum absolute atomic E-state index is 0.778. The van der Waals surface area contributed by atoms with Crippen LogP contribution >= 0.6 is 0 Å². The van der Waals surface area contributed by atoms with Crippen LogP contribution in [0.5, 0.6) is 0 Å². The monoisotopic (exact) mass is 136 g/mol. The Morgan fingerprint density at radius 1 is 1.20 bits per heavy atom. The molecular weight excluding hydrogens is 128 g/mol. The minimum atomic E-state index is 0.778. The molecule has 4 heteroatoms. The van der Waals surface area contributed by atoms with E-state index in [1.54, 1.807) is 18.8 Å². The van der Waals surface area contributed by atoms with Crippen molar-refractivity contribution in [2.45, 2.75) is 0 Å². The summed E-state index contributed by atoms with van der Waals surface area (Å²) in [6.45, 7) is 1.56. The summed E-state index contributed by atoms with van der Waals surface area (Å²) in [6.07, 6.45) is 6.92. The van der Waals surface area contributed by atoms with Crippen LogP contribution < -0.4 is 0 Å².